The van der Waals surface area contributed by atoms with E-state index in [1.165, 1.54) is 0 Å². The number of nitrogens with zero attached hydrogens (tertiary/aromatic N) is 2. The number of piperidine rings is 1. The van der Waals surface area contributed by atoms with E-state index in [2.05, 4.69) is 15.6 Å². The number of fused-ring (bicyclic) bond motifs is 3. The number of carbonyl (C=O) groups is 3. The summed E-state index contributed by atoms with van der Waals surface area (Å²) in [4.78, 5) is 39.1. The molecule has 1 aromatic carbocycles. The van der Waals surface area contributed by atoms with E-state index in [-0.39, 0.29) is 18.2 Å². The van der Waals surface area contributed by atoms with E-state index in [1.54, 1.807) is 30.5 Å². The van der Waals surface area contributed by atoms with Gasteiger partial charge in [0.25, 0.3) is 0 Å². The summed E-state index contributed by atoms with van der Waals surface area (Å²) >= 11 is 0. The van der Waals surface area contributed by atoms with Gasteiger partial charge in [-0.05, 0) is 36.8 Å². The minimum Gasteiger partial charge on any atom is -0.465 e. The van der Waals surface area contributed by atoms with E-state index < -0.39 is 12.1 Å². The van der Waals surface area contributed by atoms with Gasteiger partial charge in [0, 0.05) is 29.1 Å². The van der Waals surface area contributed by atoms with Gasteiger partial charge in [-0.1, -0.05) is 0 Å². The van der Waals surface area contributed by atoms with Crippen molar-refractivity contribution in [2.75, 3.05) is 5.32 Å². The number of benzene rings is 1. The molecule has 3 heterocycles. The third kappa shape index (κ3) is 2.47. The molecule has 4 rings (SSSR count). The Morgan fingerprint density at radius 2 is 2.12 bits per heavy atom. The van der Waals surface area contributed by atoms with Crippen molar-refractivity contribution < 1.29 is 19.5 Å². The first kappa shape index (κ1) is 15.1. The molecule has 0 saturated carbocycles. The molecule has 1 aliphatic heterocycles. The van der Waals surface area contributed by atoms with Crippen LogP contribution in [0.15, 0.2) is 36.5 Å². The number of rotatable bonds is 2. The predicted molar refractivity (Wildman–Crippen MR) is 90.3 cm³/mol. The number of hydrogen-bond donors (Lipinski definition) is 3. The number of aromatic nitrogens is 2. The Morgan fingerprint density at radius 1 is 1.28 bits per heavy atom. The maximum atomic E-state index is 12.3. The van der Waals surface area contributed by atoms with Crippen LogP contribution >= 0.6 is 0 Å². The van der Waals surface area contributed by atoms with Crippen LogP contribution in [-0.2, 0) is 9.59 Å². The van der Waals surface area contributed by atoms with Gasteiger partial charge in [0.15, 0.2) is 0 Å². The zero-order valence-electron chi connectivity index (χ0n) is 13.0. The van der Waals surface area contributed by atoms with Crippen molar-refractivity contribution in [3.8, 4) is 0 Å². The summed E-state index contributed by atoms with van der Waals surface area (Å²) < 4.78 is 1.82. The molecule has 1 fully saturated rings. The monoisotopic (exact) mass is 338 g/mol. The number of amides is 3. The molecular formula is C17H14N4O4. The summed E-state index contributed by atoms with van der Waals surface area (Å²) in [7, 11) is 0. The third-order valence-electron chi connectivity index (χ3n) is 4.33. The largest absolute Gasteiger partial charge is 0.465 e. The highest BCUT2D eigenvalue weighted by atomic mass is 16.4. The normalized spacial score (nSPS) is 17.7. The Balaban J connectivity index is 1.95. The molecule has 25 heavy (non-hydrogen) atoms. The van der Waals surface area contributed by atoms with Gasteiger partial charge in [-0.15, -0.1) is 0 Å². The van der Waals surface area contributed by atoms with Crippen molar-refractivity contribution in [2.24, 2.45) is 0 Å². The van der Waals surface area contributed by atoms with Crippen LogP contribution in [0, 0.1) is 0 Å². The fraction of sp³-hybridized carbons (Fsp3) is 0.176. The molecule has 0 radical (unpaired) electrons. The van der Waals surface area contributed by atoms with Crippen molar-refractivity contribution in [3.63, 3.8) is 0 Å². The second-order valence-corrected chi connectivity index (χ2v) is 5.87. The summed E-state index contributed by atoms with van der Waals surface area (Å²) in [5.74, 6) is -0.628. The first-order chi connectivity index (χ1) is 12.0. The molecule has 3 aromatic rings. The number of carbonyl (C=O) groups excluding carboxylic acids is 2. The summed E-state index contributed by atoms with van der Waals surface area (Å²) in [6.45, 7) is 0. The Hall–Kier alpha value is -3.42. The van der Waals surface area contributed by atoms with Gasteiger partial charge < -0.3 is 9.67 Å². The molecule has 1 saturated heterocycles. The zero-order valence-corrected chi connectivity index (χ0v) is 13.0. The second-order valence-electron chi connectivity index (χ2n) is 5.87. The van der Waals surface area contributed by atoms with Gasteiger partial charge in [0.2, 0.25) is 11.8 Å². The van der Waals surface area contributed by atoms with E-state index in [0.717, 1.165) is 16.3 Å². The van der Waals surface area contributed by atoms with E-state index in [4.69, 9.17) is 5.11 Å². The number of pyridine rings is 1. The lowest BCUT2D eigenvalue weighted by Gasteiger charge is -2.23. The molecule has 0 spiro atoms. The van der Waals surface area contributed by atoms with Gasteiger partial charge in [-0.25, -0.2) is 9.78 Å². The van der Waals surface area contributed by atoms with E-state index >= 15 is 0 Å². The molecule has 1 aliphatic rings. The second kappa shape index (κ2) is 5.59. The summed E-state index contributed by atoms with van der Waals surface area (Å²) in [5.41, 5.74) is 1.82. The van der Waals surface area contributed by atoms with Crippen molar-refractivity contribution in [1.29, 1.82) is 0 Å². The molecule has 8 nitrogen and oxygen atoms in total. The highest BCUT2D eigenvalue weighted by Gasteiger charge is 2.30. The summed E-state index contributed by atoms with van der Waals surface area (Å²) in [5, 5.41) is 15.2. The molecule has 1 unspecified atom stereocenters. The fourth-order valence-electron chi connectivity index (χ4n) is 3.32. The molecule has 3 N–H and O–H groups in total. The lowest BCUT2D eigenvalue weighted by Crippen LogP contribution is -2.41. The maximum Gasteiger partial charge on any atom is 0.409 e. The average molecular weight is 338 g/mol. The molecule has 8 heteroatoms. The van der Waals surface area contributed by atoms with Crippen LogP contribution in [0.1, 0.15) is 18.9 Å². The van der Waals surface area contributed by atoms with Crippen LogP contribution in [0.2, 0.25) is 0 Å². The van der Waals surface area contributed by atoms with Gasteiger partial charge in [-0.3, -0.25) is 20.2 Å². The Labute approximate surface area is 141 Å². The predicted octanol–water partition coefficient (Wildman–Crippen LogP) is 2.26. The number of hydrogen-bond acceptors (Lipinski definition) is 4. The molecule has 0 bridgehead atoms. The molecule has 2 aromatic heterocycles. The van der Waals surface area contributed by atoms with Gasteiger partial charge >= 0.3 is 6.09 Å². The highest BCUT2D eigenvalue weighted by molar-refractivity contribution is 6.10. The van der Waals surface area contributed by atoms with Crippen molar-refractivity contribution >= 4 is 45.5 Å². The number of imide groups is 1. The van der Waals surface area contributed by atoms with E-state index in [0.29, 0.717) is 17.8 Å². The topological polar surface area (TPSA) is 113 Å². The molecule has 1 atom stereocenters. The first-order valence-corrected chi connectivity index (χ1v) is 7.77. The van der Waals surface area contributed by atoms with Crippen molar-refractivity contribution in [3.05, 3.63) is 36.5 Å². The maximum absolute atomic E-state index is 12.3. The summed E-state index contributed by atoms with van der Waals surface area (Å²) in [6, 6.07) is 8.23. The van der Waals surface area contributed by atoms with Crippen LogP contribution in [-0.4, -0.2) is 32.6 Å². The molecule has 0 aliphatic carbocycles. The van der Waals surface area contributed by atoms with Crippen molar-refractivity contribution in [1.82, 2.24) is 14.9 Å². The third-order valence-corrected chi connectivity index (χ3v) is 4.33. The lowest BCUT2D eigenvalue weighted by molar-refractivity contribution is -0.135. The standard InChI is InChI=1S/C17H14N4O4/c22-14-6-5-13(16(23)20-14)21-12-4-3-9(19-17(24)25)8-11(12)10-2-1-7-18-15(10)21/h1-4,7-8,13,19H,5-6H2,(H,24,25)(H,20,22,23). The molecule has 126 valence electrons. The number of carboxylic acid groups (broad SMARTS) is 1. The lowest BCUT2D eigenvalue weighted by atomic mass is 10.1. The number of nitrogens with one attached hydrogen (secondary N) is 2. The fourth-order valence-corrected chi connectivity index (χ4v) is 3.32. The SMILES string of the molecule is O=C(O)Nc1ccc2c(c1)c1cccnc1n2C1CCC(=O)NC1=O. The minimum absolute atomic E-state index is 0.267. The minimum atomic E-state index is -1.15. The van der Waals surface area contributed by atoms with Crippen molar-refractivity contribution in [2.45, 2.75) is 18.9 Å². The van der Waals surface area contributed by atoms with Crippen LogP contribution in [0.5, 0.6) is 0 Å². The highest BCUT2D eigenvalue weighted by Crippen LogP contribution is 2.34. The quantitative estimate of drug-likeness (QED) is 0.620. The Morgan fingerprint density at radius 3 is 2.88 bits per heavy atom. The van der Waals surface area contributed by atoms with Gasteiger partial charge in [-0.2, -0.15) is 0 Å². The number of anilines is 1. The van der Waals surface area contributed by atoms with E-state index in [1.807, 2.05) is 10.6 Å². The van der Waals surface area contributed by atoms with Crippen LogP contribution in [0.25, 0.3) is 21.9 Å². The zero-order chi connectivity index (χ0) is 17.6. The van der Waals surface area contributed by atoms with Gasteiger partial charge in [0.05, 0.1) is 5.52 Å². The van der Waals surface area contributed by atoms with E-state index in [9.17, 15) is 14.4 Å². The molecule has 3 amide bonds. The molecular weight excluding hydrogens is 324 g/mol. The van der Waals surface area contributed by atoms with Crippen LogP contribution in [0.3, 0.4) is 0 Å². The Kier molecular flexibility index (Phi) is 3.38. The summed E-state index contributed by atoms with van der Waals surface area (Å²) in [6.07, 6.45) is 1.16. The van der Waals surface area contributed by atoms with Crippen LogP contribution < -0.4 is 10.6 Å². The smallest absolute Gasteiger partial charge is 0.409 e. The van der Waals surface area contributed by atoms with Crippen LogP contribution in [0.4, 0.5) is 10.5 Å². The average Bonchev–Trinajstić information content (AvgIpc) is 2.89. The Bertz CT molecular complexity index is 1040. The van der Waals surface area contributed by atoms with Gasteiger partial charge in [0.1, 0.15) is 11.7 Å². The first-order valence-electron chi connectivity index (χ1n) is 7.77.